The van der Waals surface area contributed by atoms with Gasteiger partial charge in [0.15, 0.2) is 0 Å². The van der Waals surface area contributed by atoms with Gasteiger partial charge in [0, 0.05) is 11.9 Å². The van der Waals surface area contributed by atoms with Crippen LogP contribution in [-0.4, -0.2) is 22.0 Å². The van der Waals surface area contributed by atoms with Gasteiger partial charge in [-0.05, 0) is 25.5 Å². The van der Waals surface area contributed by atoms with E-state index in [2.05, 4.69) is 4.98 Å². The Hall–Kier alpha value is -2.17. The van der Waals surface area contributed by atoms with E-state index < -0.39 is 5.97 Å². The molecule has 5 nitrogen and oxygen atoms in total. The number of hydrogen-bond acceptors (Lipinski definition) is 4. The van der Waals surface area contributed by atoms with Crippen molar-refractivity contribution in [3.63, 3.8) is 0 Å². The van der Waals surface area contributed by atoms with Crippen LogP contribution in [0, 0.1) is 0 Å². The van der Waals surface area contributed by atoms with Gasteiger partial charge in [0.2, 0.25) is 0 Å². The zero-order valence-electron chi connectivity index (χ0n) is 10.3. The normalized spacial score (nSPS) is 10.6. The molecule has 0 spiro atoms. The Morgan fingerprint density at radius 2 is 2.17 bits per heavy atom. The maximum Gasteiger partial charge on any atom is 0.345 e. The number of carbonyl (C=O) groups excluding carboxylic acids is 1. The molecule has 0 fully saturated rings. The maximum absolute atomic E-state index is 12.2. The molecule has 0 aliphatic carbocycles. The van der Waals surface area contributed by atoms with Crippen LogP contribution in [-0.2, 0) is 11.2 Å². The first-order valence-electron chi connectivity index (χ1n) is 5.85. The first-order chi connectivity index (χ1) is 8.69. The van der Waals surface area contributed by atoms with Crippen molar-refractivity contribution in [1.82, 2.24) is 9.38 Å². The Kier molecular flexibility index (Phi) is 3.41. The molecule has 2 heterocycles. The Morgan fingerprint density at radius 1 is 1.39 bits per heavy atom. The molecule has 0 N–H and O–H groups in total. The molecule has 94 valence electrons. The summed E-state index contributed by atoms with van der Waals surface area (Å²) in [5.41, 5.74) is 0.940. The van der Waals surface area contributed by atoms with Gasteiger partial charge in [0.05, 0.1) is 6.61 Å². The van der Waals surface area contributed by atoms with Gasteiger partial charge in [-0.2, -0.15) is 0 Å². The third kappa shape index (κ3) is 1.99. The van der Waals surface area contributed by atoms with Crippen LogP contribution >= 0.6 is 0 Å². The Morgan fingerprint density at radius 3 is 2.83 bits per heavy atom. The zero-order valence-corrected chi connectivity index (χ0v) is 10.3. The summed E-state index contributed by atoms with van der Waals surface area (Å²) in [6.45, 7) is 3.87. The number of aromatic nitrogens is 2. The van der Waals surface area contributed by atoms with Crippen LogP contribution in [0.15, 0.2) is 29.2 Å². The molecule has 0 bridgehead atoms. The third-order valence-electron chi connectivity index (χ3n) is 2.67. The van der Waals surface area contributed by atoms with Crippen molar-refractivity contribution in [3.05, 3.63) is 46.0 Å². The van der Waals surface area contributed by atoms with E-state index >= 15 is 0 Å². The van der Waals surface area contributed by atoms with E-state index in [1.165, 1.54) is 10.6 Å². The van der Waals surface area contributed by atoms with Gasteiger partial charge < -0.3 is 4.74 Å². The van der Waals surface area contributed by atoms with Gasteiger partial charge >= 0.3 is 5.97 Å². The van der Waals surface area contributed by atoms with Gasteiger partial charge in [-0.15, -0.1) is 0 Å². The fourth-order valence-electron chi connectivity index (χ4n) is 1.81. The lowest BCUT2D eigenvalue weighted by Crippen LogP contribution is -2.26. The average molecular weight is 246 g/mol. The highest BCUT2D eigenvalue weighted by molar-refractivity contribution is 5.88. The molecular formula is C13H14N2O3. The number of carbonyl (C=O) groups is 1. The predicted molar refractivity (Wildman–Crippen MR) is 66.8 cm³/mol. The van der Waals surface area contributed by atoms with Crippen molar-refractivity contribution in [2.24, 2.45) is 0 Å². The average Bonchev–Trinajstić information content (AvgIpc) is 2.38. The minimum Gasteiger partial charge on any atom is -0.462 e. The second-order valence-electron chi connectivity index (χ2n) is 3.76. The van der Waals surface area contributed by atoms with Gasteiger partial charge in [-0.25, -0.2) is 9.78 Å². The molecule has 2 rings (SSSR count). The van der Waals surface area contributed by atoms with Crippen molar-refractivity contribution in [2.45, 2.75) is 20.3 Å². The lowest BCUT2D eigenvalue weighted by Gasteiger charge is -2.07. The molecule has 0 saturated carbocycles. The molecule has 5 heteroatoms. The van der Waals surface area contributed by atoms with Crippen LogP contribution < -0.4 is 5.56 Å². The maximum atomic E-state index is 12.2. The summed E-state index contributed by atoms with van der Waals surface area (Å²) < 4.78 is 6.29. The smallest absolute Gasteiger partial charge is 0.345 e. The first kappa shape index (κ1) is 12.3. The molecule has 0 aliphatic heterocycles. The van der Waals surface area contributed by atoms with Crippen LogP contribution in [0.3, 0.4) is 0 Å². The van der Waals surface area contributed by atoms with E-state index in [1.54, 1.807) is 13.0 Å². The second kappa shape index (κ2) is 5.00. The summed E-state index contributed by atoms with van der Waals surface area (Å²) in [6, 6.07) is 5.41. The number of hydrogen-bond donors (Lipinski definition) is 0. The summed E-state index contributed by atoms with van der Waals surface area (Å²) in [7, 11) is 0. The predicted octanol–water partition coefficient (Wildman–Crippen LogP) is 1.43. The zero-order chi connectivity index (χ0) is 13.1. The topological polar surface area (TPSA) is 60.7 Å². The Bertz CT molecular complexity index is 646. The SMILES string of the molecule is CCOC(=O)c1cnc2cccc(CC)n2c1=O. The standard InChI is InChI=1S/C13H14N2O3/c1-3-9-6-5-7-11-14-8-10(12(16)15(9)11)13(17)18-4-2/h5-8H,3-4H2,1-2H3. The van der Waals surface area contributed by atoms with Crippen molar-refractivity contribution >= 4 is 11.6 Å². The number of nitrogens with zero attached hydrogens (tertiary/aromatic N) is 2. The number of ether oxygens (including phenoxy) is 1. The number of esters is 1. The molecule has 0 unspecified atom stereocenters. The molecular weight excluding hydrogens is 232 g/mol. The molecule has 0 aliphatic rings. The highest BCUT2D eigenvalue weighted by Gasteiger charge is 2.15. The summed E-state index contributed by atoms with van der Waals surface area (Å²) in [6.07, 6.45) is 1.96. The van der Waals surface area contributed by atoms with E-state index in [9.17, 15) is 9.59 Å². The van der Waals surface area contributed by atoms with E-state index in [1.807, 2.05) is 19.1 Å². The van der Waals surface area contributed by atoms with Crippen molar-refractivity contribution in [2.75, 3.05) is 6.61 Å². The minimum atomic E-state index is -0.629. The van der Waals surface area contributed by atoms with Crippen molar-refractivity contribution in [3.8, 4) is 0 Å². The minimum absolute atomic E-state index is 0.0322. The van der Waals surface area contributed by atoms with E-state index in [0.29, 0.717) is 12.1 Å². The fourth-order valence-corrected chi connectivity index (χ4v) is 1.81. The largest absolute Gasteiger partial charge is 0.462 e. The van der Waals surface area contributed by atoms with Crippen molar-refractivity contribution < 1.29 is 9.53 Å². The summed E-state index contributed by atoms with van der Waals surface area (Å²) in [5, 5.41) is 0. The molecule has 18 heavy (non-hydrogen) atoms. The number of aryl methyl sites for hydroxylation is 1. The van der Waals surface area contributed by atoms with Crippen LogP contribution in [0.1, 0.15) is 29.9 Å². The van der Waals surface area contributed by atoms with Crippen LogP contribution in [0.25, 0.3) is 5.65 Å². The number of rotatable bonds is 3. The van der Waals surface area contributed by atoms with E-state index in [4.69, 9.17) is 4.74 Å². The quantitative estimate of drug-likeness (QED) is 0.769. The van der Waals surface area contributed by atoms with E-state index in [0.717, 1.165) is 5.69 Å². The monoisotopic (exact) mass is 246 g/mol. The van der Waals surface area contributed by atoms with Crippen LogP contribution in [0.5, 0.6) is 0 Å². The lowest BCUT2D eigenvalue weighted by molar-refractivity contribution is 0.0523. The lowest BCUT2D eigenvalue weighted by atomic mass is 10.2. The summed E-state index contributed by atoms with van der Waals surface area (Å²) in [5.74, 6) is -0.629. The Balaban J connectivity index is 2.70. The van der Waals surface area contributed by atoms with Crippen LogP contribution in [0.2, 0.25) is 0 Å². The van der Waals surface area contributed by atoms with Gasteiger partial charge in [0.1, 0.15) is 11.2 Å². The third-order valence-corrected chi connectivity index (χ3v) is 2.67. The molecule has 0 aromatic carbocycles. The summed E-state index contributed by atoms with van der Waals surface area (Å²) >= 11 is 0. The number of pyridine rings is 1. The molecule has 2 aromatic rings. The van der Waals surface area contributed by atoms with Crippen LogP contribution in [0.4, 0.5) is 0 Å². The number of fused-ring (bicyclic) bond motifs is 1. The second-order valence-corrected chi connectivity index (χ2v) is 3.76. The first-order valence-corrected chi connectivity index (χ1v) is 5.85. The molecule has 0 saturated heterocycles. The Labute approximate surface area is 104 Å². The molecule has 0 amide bonds. The van der Waals surface area contributed by atoms with Gasteiger partial charge in [-0.3, -0.25) is 9.20 Å². The molecule has 0 radical (unpaired) electrons. The highest BCUT2D eigenvalue weighted by atomic mass is 16.5. The highest BCUT2D eigenvalue weighted by Crippen LogP contribution is 2.05. The van der Waals surface area contributed by atoms with Crippen molar-refractivity contribution in [1.29, 1.82) is 0 Å². The van der Waals surface area contributed by atoms with Gasteiger partial charge in [-0.1, -0.05) is 13.0 Å². The fraction of sp³-hybridized carbons (Fsp3) is 0.308. The molecule has 2 aromatic heterocycles. The van der Waals surface area contributed by atoms with E-state index in [-0.39, 0.29) is 17.7 Å². The summed E-state index contributed by atoms with van der Waals surface area (Å²) in [4.78, 5) is 28.0. The molecule has 0 atom stereocenters. The van der Waals surface area contributed by atoms with Gasteiger partial charge in [0.25, 0.3) is 5.56 Å².